The van der Waals surface area contributed by atoms with Gasteiger partial charge in [-0.2, -0.15) is 13.5 Å². The van der Waals surface area contributed by atoms with Gasteiger partial charge in [-0.05, 0) is 30.3 Å². The maximum absolute atomic E-state index is 13.0. The minimum Gasteiger partial charge on any atom is -0.292 e. The molecule has 0 atom stereocenters. The lowest BCUT2D eigenvalue weighted by atomic mass is 10.1. The molecule has 37 heavy (non-hydrogen) atoms. The van der Waals surface area contributed by atoms with E-state index in [1.54, 1.807) is 29.1 Å². The molecule has 1 N–H and O–H groups in total. The van der Waals surface area contributed by atoms with E-state index in [0.29, 0.717) is 16.8 Å². The molecule has 1 amide bonds. The highest BCUT2D eigenvalue weighted by atomic mass is 32.2. The number of thiocarbonyl (C=S) groups is 1. The highest BCUT2D eigenvalue weighted by molar-refractivity contribution is 8.26. The Balaban J connectivity index is 1.80. The molecule has 1 aliphatic heterocycles. The van der Waals surface area contributed by atoms with Crippen molar-refractivity contribution in [3.8, 4) is 16.9 Å². The Bertz CT molecular complexity index is 1610. The molecule has 0 spiro atoms. The number of carbonyl (C=O) groups excluding carboxylic acids is 1. The summed E-state index contributed by atoms with van der Waals surface area (Å²) in [6.07, 6.45) is 3.30. The van der Waals surface area contributed by atoms with Gasteiger partial charge in [0.25, 0.3) is 16.0 Å². The molecular formula is C23H22N4O6S4. The van der Waals surface area contributed by atoms with Crippen LogP contribution in [0.5, 0.6) is 0 Å². The first-order valence-corrected chi connectivity index (χ1v) is 15.0. The van der Waals surface area contributed by atoms with Gasteiger partial charge in [0.15, 0.2) is 0 Å². The minimum absolute atomic E-state index is 0.0896. The number of para-hydroxylation sites is 1. The molecule has 0 radical (unpaired) electrons. The van der Waals surface area contributed by atoms with Gasteiger partial charge in [0.2, 0.25) is 10.0 Å². The number of aromatic nitrogens is 2. The van der Waals surface area contributed by atoms with Crippen LogP contribution in [0.15, 0.2) is 70.6 Å². The second-order valence-electron chi connectivity index (χ2n) is 8.15. The average molecular weight is 579 g/mol. The predicted molar refractivity (Wildman–Crippen MR) is 146 cm³/mol. The largest absolute Gasteiger partial charge is 0.292 e. The Hall–Kier alpha value is -2.88. The number of benzene rings is 2. The third kappa shape index (κ3) is 6.00. The Labute approximate surface area is 224 Å². The van der Waals surface area contributed by atoms with E-state index < -0.39 is 31.8 Å². The van der Waals surface area contributed by atoms with E-state index in [1.807, 2.05) is 30.3 Å². The van der Waals surface area contributed by atoms with Gasteiger partial charge in [-0.25, -0.2) is 17.4 Å². The van der Waals surface area contributed by atoms with Gasteiger partial charge in [-0.15, -0.1) is 0 Å². The van der Waals surface area contributed by atoms with Crippen LogP contribution in [0.3, 0.4) is 0 Å². The minimum atomic E-state index is -4.28. The number of carbonyl (C=O) groups is 1. The number of sulfonamides is 1. The van der Waals surface area contributed by atoms with Gasteiger partial charge in [0.1, 0.15) is 10.0 Å². The number of rotatable bonds is 8. The molecular weight excluding hydrogens is 557 g/mol. The quantitative estimate of drug-likeness (QED) is 0.244. The molecule has 3 aromatic rings. The third-order valence-corrected chi connectivity index (χ3v) is 9.27. The number of hydrogen-bond donors (Lipinski definition) is 1. The summed E-state index contributed by atoms with van der Waals surface area (Å²) in [6.45, 7) is -0.276. The van der Waals surface area contributed by atoms with Crippen molar-refractivity contribution in [1.29, 1.82) is 0 Å². The zero-order chi connectivity index (χ0) is 27.0. The molecule has 194 valence electrons. The van der Waals surface area contributed by atoms with Gasteiger partial charge in [0, 0.05) is 38.0 Å². The molecule has 2 aromatic carbocycles. The van der Waals surface area contributed by atoms with Crippen molar-refractivity contribution in [2.45, 2.75) is 4.90 Å². The summed E-state index contributed by atoms with van der Waals surface area (Å²) in [5.41, 5.74) is 2.23. The lowest BCUT2D eigenvalue weighted by Crippen LogP contribution is -2.32. The molecule has 14 heteroatoms. The number of amides is 1. The Kier molecular flexibility index (Phi) is 7.69. The lowest BCUT2D eigenvalue weighted by Gasteiger charge is -2.12. The van der Waals surface area contributed by atoms with Crippen molar-refractivity contribution in [2.75, 3.05) is 26.4 Å². The topological polar surface area (TPSA) is 130 Å². The Morgan fingerprint density at radius 3 is 2.43 bits per heavy atom. The summed E-state index contributed by atoms with van der Waals surface area (Å²) in [5, 5.41) is 4.68. The standard InChI is InChI=1S/C23H22N4O6S4/c1-25(2)37(32,33)19-10-6-7-16(13-19)21-17(15-27(24-21)18-8-4-3-5-9-18)14-20-22(28)26(23(34)35-20)11-12-36(29,30)31/h3-10,13-15H,11-12H2,1-2H3,(H,29,30,31)/b20-14-. The van der Waals surface area contributed by atoms with Crippen LogP contribution in [0.4, 0.5) is 0 Å². The molecule has 0 bridgehead atoms. The van der Waals surface area contributed by atoms with Crippen molar-refractivity contribution in [3.05, 3.63) is 71.3 Å². The molecule has 1 saturated heterocycles. The Morgan fingerprint density at radius 2 is 1.78 bits per heavy atom. The molecule has 4 rings (SSSR count). The van der Waals surface area contributed by atoms with Crippen molar-refractivity contribution in [3.63, 3.8) is 0 Å². The van der Waals surface area contributed by atoms with Crippen molar-refractivity contribution in [1.82, 2.24) is 19.0 Å². The highest BCUT2D eigenvalue weighted by Crippen LogP contribution is 2.35. The van der Waals surface area contributed by atoms with E-state index in [1.165, 1.54) is 26.2 Å². The molecule has 1 aromatic heterocycles. The SMILES string of the molecule is CN(C)S(=O)(=O)c1cccc(-c2nn(-c3ccccc3)cc2/C=C2\SC(=S)N(CCS(=O)(=O)O)C2=O)c1. The fourth-order valence-electron chi connectivity index (χ4n) is 3.49. The highest BCUT2D eigenvalue weighted by Gasteiger charge is 2.33. The molecule has 1 aliphatic rings. The van der Waals surface area contributed by atoms with Crippen LogP contribution < -0.4 is 0 Å². The van der Waals surface area contributed by atoms with Crippen molar-refractivity contribution >= 4 is 60.4 Å². The van der Waals surface area contributed by atoms with E-state index in [-0.39, 0.29) is 20.7 Å². The lowest BCUT2D eigenvalue weighted by molar-refractivity contribution is -0.121. The van der Waals surface area contributed by atoms with E-state index >= 15 is 0 Å². The molecule has 0 saturated carbocycles. The average Bonchev–Trinajstić information content (AvgIpc) is 3.38. The first-order valence-electron chi connectivity index (χ1n) is 10.8. The van der Waals surface area contributed by atoms with E-state index in [4.69, 9.17) is 16.8 Å². The van der Waals surface area contributed by atoms with Crippen molar-refractivity contribution < 1.29 is 26.2 Å². The van der Waals surface area contributed by atoms with E-state index in [0.717, 1.165) is 26.7 Å². The summed E-state index contributed by atoms with van der Waals surface area (Å²) in [6, 6.07) is 15.6. The summed E-state index contributed by atoms with van der Waals surface area (Å²) < 4.78 is 59.7. The molecule has 0 unspecified atom stereocenters. The van der Waals surface area contributed by atoms with Gasteiger partial charge >= 0.3 is 0 Å². The monoisotopic (exact) mass is 578 g/mol. The summed E-state index contributed by atoms with van der Waals surface area (Å²) in [7, 11) is -5.08. The predicted octanol–water partition coefficient (Wildman–Crippen LogP) is 2.88. The first kappa shape index (κ1) is 27.2. The summed E-state index contributed by atoms with van der Waals surface area (Å²) in [4.78, 5) is 14.4. The second kappa shape index (κ2) is 10.5. The van der Waals surface area contributed by atoms with Crippen LogP contribution in [0.2, 0.25) is 0 Å². The summed E-state index contributed by atoms with van der Waals surface area (Å²) in [5.74, 6) is -1.14. The van der Waals surface area contributed by atoms with Gasteiger partial charge < -0.3 is 0 Å². The fraction of sp³-hybridized carbons (Fsp3) is 0.174. The van der Waals surface area contributed by atoms with Crippen LogP contribution >= 0.6 is 24.0 Å². The summed E-state index contributed by atoms with van der Waals surface area (Å²) >= 11 is 6.25. The van der Waals surface area contributed by atoms with Gasteiger partial charge in [-0.3, -0.25) is 14.2 Å². The first-order chi connectivity index (χ1) is 17.4. The van der Waals surface area contributed by atoms with Crippen LogP contribution in [0.25, 0.3) is 23.0 Å². The van der Waals surface area contributed by atoms with Crippen LogP contribution in [0, 0.1) is 0 Å². The number of hydrogen-bond acceptors (Lipinski definition) is 8. The zero-order valence-corrected chi connectivity index (χ0v) is 22.9. The Morgan fingerprint density at radius 1 is 1.08 bits per heavy atom. The molecule has 0 aliphatic carbocycles. The number of thioether (sulfide) groups is 1. The van der Waals surface area contributed by atoms with Crippen molar-refractivity contribution in [2.24, 2.45) is 0 Å². The maximum Gasteiger partial charge on any atom is 0.266 e. The third-order valence-electron chi connectivity index (χ3n) is 5.38. The van der Waals surface area contributed by atoms with Gasteiger partial charge in [0.05, 0.1) is 21.2 Å². The molecule has 10 nitrogen and oxygen atoms in total. The van der Waals surface area contributed by atoms with E-state index in [9.17, 15) is 21.6 Å². The van der Waals surface area contributed by atoms with E-state index in [2.05, 4.69) is 5.10 Å². The van der Waals surface area contributed by atoms with Crippen LogP contribution in [-0.2, 0) is 24.9 Å². The molecule has 1 fully saturated rings. The van der Waals surface area contributed by atoms with Crippen LogP contribution in [-0.4, -0.2) is 77.0 Å². The molecule has 2 heterocycles. The maximum atomic E-state index is 13.0. The number of nitrogens with zero attached hydrogens (tertiary/aromatic N) is 4. The zero-order valence-electron chi connectivity index (χ0n) is 19.7. The normalized spacial score (nSPS) is 15.8. The second-order valence-corrected chi connectivity index (χ2v) is 13.5. The van der Waals surface area contributed by atoms with Crippen LogP contribution in [0.1, 0.15) is 5.56 Å². The van der Waals surface area contributed by atoms with Gasteiger partial charge in [-0.1, -0.05) is 54.3 Å². The fourth-order valence-corrected chi connectivity index (χ4v) is 6.15. The smallest absolute Gasteiger partial charge is 0.266 e.